The Bertz CT molecular complexity index is 768. The Balaban J connectivity index is 2.04. The molecule has 0 aliphatic carbocycles. The van der Waals surface area contributed by atoms with E-state index < -0.39 is 0 Å². The van der Waals surface area contributed by atoms with E-state index >= 15 is 0 Å². The van der Waals surface area contributed by atoms with Crippen molar-refractivity contribution in [3.05, 3.63) is 53.1 Å². The summed E-state index contributed by atoms with van der Waals surface area (Å²) in [5.74, 6) is 0. The van der Waals surface area contributed by atoms with Gasteiger partial charge in [-0.2, -0.15) is 0 Å². The third kappa shape index (κ3) is 3.48. The van der Waals surface area contributed by atoms with Gasteiger partial charge in [0.25, 0.3) is 0 Å². The summed E-state index contributed by atoms with van der Waals surface area (Å²) in [4.78, 5) is 9.14. The fourth-order valence-corrected chi connectivity index (χ4v) is 4.24. The molecule has 2 aromatic rings. The first-order valence-corrected chi connectivity index (χ1v) is 9.64. The topological polar surface area (TPSA) is 36.3 Å². The summed E-state index contributed by atoms with van der Waals surface area (Å²) in [6.45, 7) is 9.42. The molecule has 140 valence electrons. The predicted molar refractivity (Wildman–Crippen MR) is 110 cm³/mol. The van der Waals surface area contributed by atoms with Gasteiger partial charge in [-0.15, -0.1) is 0 Å². The quantitative estimate of drug-likeness (QED) is 0.790. The van der Waals surface area contributed by atoms with Crippen molar-refractivity contribution in [1.29, 1.82) is 0 Å². The Kier molecular flexibility index (Phi) is 5.63. The number of hydrogen-bond acceptors (Lipinski definition) is 3. The molecule has 1 aliphatic rings. The number of thiocarbonyl (C=S) groups is 1. The summed E-state index contributed by atoms with van der Waals surface area (Å²) in [5.41, 5.74) is 4.99. The van der Waals surface area contributed by atoms with Crippen molar-refractivity contribution in [2.45, 2.75) is 39.4 Å². The third-order valence-electron chi connectivity index (χ3n) is 5.23. The van der Waals surface area contributed by atoms with Gasteiger partial charge >= 0.3 is 0 Å². The highest BCUT2D eigenvalue weighted by Gasteiger charge is 2.41. The molecule has 26 heavy (non-hydrogen) atoms. The number of nitrogens with zero attached hydrogens (tertiary/aromatic N) is 4. The van der Waals surface area contributed by atoms with Crippen LogP contribution in [0.4, 0.5) is 0 Å². The summed E-state index contributed by atoms with van der Waals surface area (Å²) >= 11 is 5.72. The van der Waals surface area contributed by atoms with Crippen LogP contribution in [-0.4, -0.2) is 51.6 Å². The van der Waals surface area contributed by atoms with Crippen LogP contribution in [0, 0.1) is 13.8 Å². The van der Waals surface area contributed by atoms with E-state index in [1.807, 2.05) is 18.3 Å². The largest absolute Gasteiger partial charge is 0.352 e. The molecule has 0 saturated carbocycles. The fourth-order valence-electron chi connectivity index (χ4n) is 3.91. The first kappa shape index (κ1) is 18.9. The molecular formula is C20H29N5S. The molecule has 1 saturated heterocycles. The Morgan fingerprint density at radius 2 is 2.04 bits per heavy atom. The van der Waals surface area contributed by atoms with Crippen LogP contribution in [0.2, 0.25) is 0 Å². The summed E-state index contributed by atoms with van der Waals surface area (Å²) in [6, 6.07) is 8.63. The minimum Gasteiger partial charge on any atom is -0.352 e. The second-order valence-electron chi connectivity index (χ2n) is 7.19. The van der Waals surface area contributed by atoms with Crippen LogP contribution >= 0.6 is 12.2 Å². The molecule has 0 amide bonds. The number of rotatable bonds is 6. The highest BCUT2D eigenvalue weighted by Crippen LogP contribution is 2.40. The van der Waals surface area contributed by atoms with Gasteiger partial charge in [0.2, 0.25) is 0 Å². The van der Waals surface area contributed by atoms with Gasteiger partial charge in [0, 0.05) is 37.2 Å². The van der Waals surface area contributed by atoms with E-state index in [1.165, 1.54) is 17.0 Å². The number of likely N-dealkylation sites (N-methyl/N-ethyl adjacent to an activating group) is 1. The predicted octanol–water partition coefficient (Wildman–Crippen LogP) is 3.05. The lowest BCUT2D eigenvalue weighted by atomic mass is 9.97. The van der Waals surface area contributed by atoms with Crippen LogP contribution in [0.3, 0.4) is 0 Å². The molecule has 1 aliphatic heterocycles. The molecule has 0 spiro atoms. The smallest absolute Gasteiger partial charge is 0.170 e. The van der Waals surface area contributed by atoms with Crippen molar-refractivity contribution in [1.82, 2.24) is 24.7 Å². The summed E-state index contributed by atoms with van der Waals surface area (Å²) in [5, 5.41) is 4.35. The van der Waals surface area contributed by atoms with E-state index in [1.54, 1.807) is 0 Å². The van der Waals surface area contributed by atoms with Crippen LogP contribution in [0.1, 0.15) is 41.7 Å². The van der Waals surface area contributed by atoms with Crippen LogP contribution in [-0.2, 0) is 6.54 Å². The summed E-state index contributed by atoms with van der Waals surface area (Å²) in [6.07, 6.45) is 1.86. The Hall–Kier alpha value is -1.92. The van der Waals surface area contributed by atoms with E-state index in [4.69, 9.17) is 12.2 Å². The molecule has 2 unspecified atom stereocenters. The summed E-state index contributed by atoms with van der Waals surface area (Å²) in [7, 11) is 4.20. The number of aromatic nitrogens is 2. The number of aryl methyl sites for hydroxylation is 1. The third-order valence-corrected chi connectivity index (χ3v) is 5.59. The van der Waals surface area contributed by atoms with Gasteiger partial charge in [-0.25, -0.2) is 0 Å². The number of pyridine rings is 1. The zero-order chi connectivity index (χ0) is 18.8. The van der Waals surface area contributed by atoms with Crippen LogP contribution in [0.15, 0.2) is 30.5 Å². The van der Waals surface area contributed by atoms with Crippen LogP contribution < -0.4 is 5.32 Å². The number of hydrogen-bond donors (Lipinski definition) is 1. The van der Waals surface area contributed by atoms with E-state index in [2.05, 4.69) is 71.7 Å². The zero-order valence-electron chi connectivity index (χ0n) is 16.4. The fraction of sp³-hybridized carbons (Fsp3) is 0.500. The lowest BCUT2D eigenvalue weighted by molar-refractivity contribution is 0.277. The van der Waals surface area contributed by atoms with Gasteiger partial charge in [-0.3, -0.25) is 4.98 Å². The molecule has 2 atom stereocenters. The molecule has 6 heteroatoms. The normalized spacial score (nSPS) is 20.1. The number of nitrogens with one attached hydrogen (secondary N) is 1. The molecule has 1 N–H and O–H groups in total. The van der Waals surface area contributed by atoms with Gasteiger partial charge in [-0.05, 0) is 70.8 Å². The minimum absolute atomic E-state index is 0.0664. The zero-order valence-corrected chi connectivity index (χ0v) is 17.2. The monoisotopic (exact) mass is 371 g/mol. The van der Waals surface area contributed by atoms with Crippen molar-refractivity contribution in [3.8, 4) is 0 Å². The Morgan fingerprint density at radius 3 is 2.62 bits per heavy atom. The standard InChI is InChI=1S/C20H29N5S/c1-6-24-14(2)13-16(15(24)3)19-18(17-9-7-8-10-21-17)22-20(26)25(19)12-11-23(4)5/h7-10,13,18-19H,6,11-12H2,1-5H3,(H,22,26). The van der Waals surface area contributed by atoms with Gasteiger partial charge < -0.3 is 19.7 Å². The molecule has 5 nitrogen and oxygen atoms in total. The molecule has 0 aromatic carbocycles. The van der Waals surface area contributed by atoms with E-state index in [-0.39, 0.29) is 12.1 Å². The van der Waals surface area contributed by atoms with Crippen LogP contribution in [0.25, 0.3) is 0 Å². The van der Waals surface area contributed by atoms with E-state index in [0.29, 0.717) is 0 Å². The van der Waals surface area contributed by atoms with E-state index in [9.17, 15) is 0 Å². The summed E-state index contributed by atoms with van der Waals surface area (Å²) < 4.78 is 2.37. The highest BCUT2D eigenvalue weighted by atomic mass is 32.1. The molecule has 2 aromatic heterocycles. The second-order valence-corrected chi connectivity index (χ2v) is 7.58. The minimum atomic E-state index is 0.0664. The van der Waals surface area contributed by atoms with Crippen molar-refractivity contribution in [3.63, 3.8) is 0 Å². The molecule has 0 bridgehead atoms. The van der Waals surface area contributed by atoms with Gasteiger partial charge in [0.1, 0.15) is 0 Å². The molecule has 3 heterocycles. The lowest BCUT2D eigenvalue weighted by Crippen LogP contribution is -2.35. The van der Waals surface area contributed by atoms with E-state index in [0.717, 1.165) is 30.4 Å². The molecule has 1 fully saturated rings. The highest BCUT2D eigenvalue weighted by molar-refractivity contribution is 7.80. The average molecular weight is 372 g/mol. The van der Waals surface area contributed by atoms with Crippen molar-refractivity contribution in [2.75, 3.05) is 27.2 Å². The maximum Gasteiger partial charge on any atom is 0.170 e. The van der Waals surface area contributed by atoms with Gasteiger partial charge in [0.15, 0.2) is 5.11 Å². The van der Waals surface area contributed by atoms with Crippen molar-refractivity contribution < 1.29 is 0 Å². The molecule has 3 rings (SSSR count). The molecule has 0 radical (unpaired) electrons. The van der Waals surface area contributed by atoms with Gasteiger partial charge in [0.05, 0.1) is 17.8 Å². The average Bonchev–Trinajstić information content (AvgIpc) is 3.09. The van der Waals surface area contributed by atoms with Crippen molar-refractivity contribution >= 4 is 17.3 Å². The maximum atomic E-state index is 5.72. The Labute approximate surface area is 162 Å². The molecular weight excluding hydrogens is 342 g/mol. The first-order chi connectivity index (χ1) is 12.4. The lowest BCUT2D eigenvalue weighted by Gasteiger charge is -2.29. The maximum absolute atomic E-state index is 5.72. The Morgan fingerprint density at radius 1 is 1.27 bits per heavy atom. The van der Waals surface area contributed by atoms with Crippen LogP contribution in [0.5, 0.6) is 0 Å². The SMILES string of the molecule is CCn1c(C)cc(C2C(c3ccccn3)NC(=S)N2CCN(C)C)c1C. The van der Waals surface area contributed by atoms with Crippen molar-refractivity contribution in [2.24, 2.45) is 0 Å². The van der Waals surface area contributed by atoms with Gasteiger partial charge in [-0.1, -0.05) is 6.07 Å². The first-order valence-electron chi connectivity index (χ1n) is 9.23. The second kappa shape index (κ2) is 7.76.